The zero-order valence-electron chi connectivity index (χ0n) is 16.1. The number of hydrogen-bond donors (Lipinski definition) is 2. The minimum Gasteiger partial charge on any atom is -0.324 e. The van der Waals surface area contributed by atoms with Gasteiger partial charge in [0.1, 0.15) is 0 Å². The average Bonchev–Trinajstić information content (AvgIpc) is 2.65. The highest BCUT2D eigenvalue weighted by Crippen LogP contribution is 2.24. The second-order valence-electron chi connectivity index (χ2n) is 6.92. The van der Waals surface area contributed by atoms with Crippen molar-refractivity contribution in [2.75, 3.05) is 10.6 Å². The number of rotatable bonds is 5. The van der Waals surface area contributed by atoms with Crippen LogP contribution in [0.25, 0.3) is 0 Å². The predicted octanol–water partition coefficient (Wildman–Crippen LogP) is 5.21. The van der Waals surface area contributed by atoms with Crippen LogP contribution in [0.15, 0.2) is 54.9 Å². The van der Waals surface area contributed by atoms with E-state index < -0.39 is 0 Å². The number of anilines is 3. The second-order valence-corrected chi connectivity index (χ2v) is 6.92. The van der Waals surface area contributed by atoms with Crippen molar-refractivity contribution in [3.8, 4) is 0 Å². The number of nitrogens with zero attached hydrogens (tertiary/aromatic N) is 2. The summed E-state index contributed by atoms with van der Waals surface area (Å²) in [6, 6.07) is 13.9. The second kappa shape index (κ2) is 7.99. The van der Waals surface area contributed by atoms with Crippen LogP contribution in [-0.4, -0.2) is 15.9 Å². The Morgan fingerprint density at radius 3 is 2.33 bits per heavy atom. The molecule has 0 saturated carbocycles. The number of benzene rings is 2. The third-order valence-electron chi connectivity index (χ3n) is 4.51. The Morgan fingerprint density at radius 2 is 1.67 bits per heavy atom. The molecule has 0 atom stereocenters. The predicted molar refractivity (Wildman–Crippen MR) is 110 cm³/mol. The quantitative estimate of drug-likeness (QED) is 0.655. The van der Waals surface area contributed by atoms with E-state index in [9.17, 15) is 4.79 Å². The largest absolute Gasteiger partial charge is 0.324 e. The highest BCUT2D eigenvalue weighted by atomic mass is 16.1. The van der Waals surface area contributed by atoms with Crippen LogP contribution in [0.5, 0.6) is 0 Å². The number of para-hydroxylation sites is 1. The van der Waals surface area contributed by atoms with Crippen molar-refractivity contribution in [2.45, 2.75) is 33.6 Å². The maximum Gasteiger partial charge on any atom is 0.258 e. The van der Waals surface area contributed by atoms with Crippen molar-refractivity contribution >= 4 is 23.2 Å². The Balaban J connectivity index is 1.71. The Labute approximate surface area is 159 Å². The molecule has 0 saturated heterocycles. The monoisotopic (exact) mass is 360 g/mol. The molecule has 2 N–H and O–H groups in total. The van der Waals surface area contributed by atoms with Crippen LogP contribution in [0, 0.1) is 13.8 Å². The Hall–Kier alpha value is -3.21. The first-order chi connectivity index (χ1) is 12.9. The van der Waals surface area contributed by atoms with Crippen molar-refractivity contribution in [3.05, 3.63) is 77.1 Å². The maximum atomic E-state index is 12.5. The number of aromatic nitrogens is 2. The van der Waals surface area contributed by atoms with Crippen LogP contribution in [-0.2, 0) is 0 Å². The normalized spacial score (nSPS) is 10.7. The van der Waals surface area contributed by atoms with E-state index in [0.717, 1.165) is 16.9 Å². The third-order valence-corrected chi connectivity index (χ3v) is 4.51. The molecule has 0 fully saturated rings. The van der Waals surface area contributed by atoms with Gasteiger partial charge < -0.3 is 10.6 Å². The molecule has 27 heavy (non-hydrogen) atoms. The van der Waals surface area contributed by atoms with E-state index in [4.69, 9.17) is 0 Å². The standard InChI is InChI=1S/C22H24N4O/c1-14(2)19-7-5-6-8-20(19)26-21(27)17-12-23-22(24-13-17)25-18-10-9-15(3)16(4)11-18/h5-14H,1-4H3,(H,26,27)(H,23,24,25). The van der Waals surface area contributed by atoms with Gasteiger partial charge in [0.25, 0.3) is 5.91 Å². The molecule has 0 spiro atoms. The van der Waals surface area contributed by atoms with E-state index in [2.05, 4.69) is 48.3 Å². The fourth-order valence-electron chi connectivity index (χ4n) is 2.77. The van der Waals surface area contributed by atoms with Gasteiger partial charge in [0.2, 0.25) is 5.95 Å². The Kier molecular flexibility index (Phi) is 5.50. The molecule has 0 aliphatic carbocycles. The lowest BCUT2D eigenvalue weighted by Crippen LogP contribution is -2.14. The summed E-state index contributed by atoms with van der Waals surface area (Å²) < 4.78 is 0. The van der Waals surface area contributed by atoms with E-state index in [1.165, 1.54) is 23.5 Å². The van der Waals surface area contributed by atoms with Crippen LogP contribution in [0.4, 0.5) is 17.3 Å². The van der Waals surface area contributed by atoms with Crippen molar-refractivity contribution in [3.63, 3.8) is 0 Å². The molecule has 138 valence electrons. The third kappa shape index (κ3) is 4.50. The number of aryl methyl sites for hydroxylation is 2. The number of carbonyl (C=O) groups is 1. The van der Waals surface area contributed by atoms with Crippen LogP contribution in [0.1, 0.15) is 46.8 Å². The molecule has 0 aliphatic heterocycles. The lowest BCUT2D eigenvalue weighted by molar-refractivity contribution is 0.102. The number of amides is 1. The van der Waals surface area contributed by atoms with E-state index in [-0.39, 0.29) is 5.91 Å². The Morgan fingerprint density at radius 1 is 0.963 bits per heavy atom. The molecule has 2 aromatic carbocycles. The first-order valence-electron chi connectivity index (χ1n) is 9.00. The highest BCUT2D eigenvalue weighted by Gasteiger charge is 2.12. The summed E-state index contributed by atoms with van der Waals surface area (Å²) in [6.07, 6.45) is 3.06. The van der Waals surface area contributed by atoms with Crippen molar-refractivity contribution in [2.24, 2.45) is 0 Å². The van der Waals surface area contributed by atoms with Gasteiger partial charge in [0, 0.05) is 23.8 Å². The lowest BCUT2D eigenvalue weighted by atomic mass is 10.0. The average molecular weight is 360 g/mol. The number of carbonyl (C=O) groups excluding carboxylic acids is 1. The lowest BCUT2D eigenvalue weighted by Gasteiger charge is -2.13. The molecule has 3 aromatic rings. The number of nitrogens with one attached hydrogen (secondary N) is 2. The molecule has 0 bridgehead atoms. The van der Waals surface area contributed by atoms with E-state index in [1.807, 2.05) is 42.5 Å². The van der Waals surface area contributed by atoms with Gasteiger partial charge in [-0.25, -0.2) is 9.97 Å². The molecule has 1 heterocycles. The molecule has 0 aliphatic rings. The van der Waals surface area contributed by atoms with Crippen LogP contribution >= 0.6 is 0 Å². The highest BCUT2D eigenvalue weighted by molar-refractivity contribution is 6.04. The SMILES string of the molecule is Cc1ccc(Nc2ncc(C(=O)Nc3ccccc3C(C)C)cn2)cc1C. The fraction of sp³-hybridized carbons (Fsp3) is 0.227. The van der Waals surface area contributed by atoms with Gasteiger partial charge in [0.05, 0.1) is 5.56 Å². The van der Waals surface area contributed by atoms with Crippen LogP contribution in [0.3, 0.4) is 0 Å². The molecular weight excluding hydrogens is 336 g/mol. The summed E-state index contributed by atoms with van der Waals surface area (Å²) in [7, 11) is 0. The summed E-state index contributed by atoms with van der Waals surface area (Å²) >= 11 is 0. The molecule has 3 rings (SSSR count). The molecule has 1 amide bonds. The minimum atomic E-state index is -0.221. The zero-order valence-corrected chi connectivity index (χ0v) is 16.1. The molecule has 1 aromatic heterocycles. The molecule has 0 unspecified atom stereocenters. The van der Waals surface area contributed by atoms with Crippen molar-refractivity contribution < 1.29 is 4.79 Å². The summed E-state index contributed by atoms with van der Waals surface area (Å²) in [5.41, 5.74) is 5.67. The summed E-state index contributed by atoms with van der Waals surface area (Å²) in [5.74, 6) is 0.556. The minimum absolute atomic E-state index is 0.221. The Bertz CT molecular complexity index is 949. The van der Waals surface area contributed by atoms with Gasteiger partial charge in [0.15, 0.2) is 0 Å². The van der Waals surface area contributed by atoms with Gasteiger partial charge in [-0.15, -0.1) is 0 Å². The van der Waals surface area contributed by atoms with Gasteiger partial charge in [-0.1, -0.05) is 38.1 Å². The molecule has 5 heteroatoms. The van der Waals surface area contributed by atoms with E-state index in [0.29, 0.717) is 17.4 Å². The summed E-state index contributed by atoms with van der Waals surface area (Å²) in [4.78, 5) is 21.1. The first kappa shape index (κ1) is 18.6. The van der Waals surface area contributed by atoms with E-state index >= 15 is 0 Å². The fourth-order valence-corrected chi connectivity index (χ4v) is 2.77. The summed E-state index contributed by atoms with van der Waals surface area (Å²) in [6.45, 7) is 8.33. The van der Waals surface area contributed by atoms with Crippen molar-refractivity contribution in [1.82, 2.24) is 9.97 Å². The molecule has 5 nitrogen and oxygen atoms in total. The maximum absolute atomic E-state index is 12.5. The smallest absolute Gasteiger partial charge is 0.258 e. The molecule has 0 radical (unpaired) electrons. The van der Waals surface area contributed by atoms with Gasteiger partial charge in [-0.05, 0) is 54.7 Å². The van der Waals surface area contributed by atoms with Gasteiger partial charge in [-0.3, -0.25) is 4.79 Å². The molecular formula is C22H24N4O. The van der Waals surface area contributed by atoms with Crippen molar-refractivity contribution in [1.29, 1.82) is 0 Å². The first-order valence-corrected chi connectivity index (χ1v) is 9.00. The van der Waals surface area contributed by atoms with Crippen LogP contribution in [0.2, 0.25) is 0 Å². The van der Waals surface area contributed by atoms with Gasteiger partial charge >= 0.3 is 0 Å². The topological polar surface area (TPSA) is 66.9 Å². The van der Waals surface area contributed by atoms with Crippen LogP contribution < -0.4 is 10.6 Å². The summed E-state index contributed by atoms with van der Waals surface area (Å²) in [5, 5.41) is 6.11. The van der Waals surface area contributed by atoms with E-state index in [1.54, 1.807) is 0 Å². The van der Waals surface area contributed by atoms with Gasteiger partial charge in [-0.2, -0.15) is 0 Å². The number of hydrogen-bond acceptors (Lipinski definition) is 4. The zero-order chi connectivity index (χ0) is 19.4.